The first-order chi connectivity index (χ1) is 24.0. The Balaban J connectivity index is 1.39. The van der Waals surface area contributed by atoms with Gasteiger partial charge in [0.2, 0.25) is 15.9 Å². The highest BCUT2D eigenvalue weighted by molar-refractivity contribution is 7.89. The zero-order valence-electron chi connectivity index (χ0n) is 28.2. The van der Waals surface area contributed by atoms with Crippen molar-refractivity contribution >= 4 is 21.6 Å². The zero-order chi connectivity index (χ0) is 35.6. The second-order valence-electron chi connectivity index (χ2n) is 12.2. The quantitative estimate of drug-likeness (QED) is 0.172. The third-order valence-corrected chi connectivity index (χ3v) is 10.6. The topological polar surface area (TPSA) is 103 Å². The highest BCUT2D eigenvalue weighted by Gasteiger charge is 2.31. The van der Waals surface area contributed by atoms with Crippen molar-refractivity contribution in [1.82, 2.24) is 18.6 Å². The lowest BCUT2D eigenvalue weighted by molar-refractivity contribution is -0.136. The van der Waals surface area contributed by atoms with Crippen LogP contribution in [0.5, 0.6) is 11.5 Å². The molecule has 10 nitrogen and oxygen atoms in total. The summed E-state index contributed by atoms with van der Waals surface area (Å²) in [5.41, 5.74) is 2.73. The van der Waals surface area contributed by atoms with E-state index in [0.717, 1.165) is 17.7 Å². The molecule has 2 aromatic heterocycles. The second kappa shape index (κ2) is 14.6. The largest absolute Gasteiger partial charge is 0.497 e. The van der Waals surface area contributed by atoms with Crippen molar-refractivity contribution in [3.8, 4) is 22.8 Å². The van der Waals surface area contributed by atoms with Crippen LogP contribution in [0.3, 0.4) is 0 Å². The molecule has 5 aromatic rings. The average Bonchev–Trinajstić information content (AvgIpc) is 3.44. The molecule has 0 N–H and O–H groups in total. The van der Waals surface area contributed by atoms with E-state index in [1.807, 2.05) is 13.0 Å². The molecule has 0 bridgehead atoms. The Morgan fingerprint density at radius 1 is 0.940 bits per heavy atom. The molecule has 50 heavy (non-hydrogen) atoms. The molecule has 3 heterocycles. The van der Waals surface area contributed by atoms with Crippen molar-refractivity contribution in [2.45, 2.75) is 44.4 Å². The number of benzene rings is 3. The first kappa shape index (κ1) is 35.0. The number of hydrogen-bond donors (Lipinski definition) is 0. The Morgan fingerprint density at radius 3 is 2.06 bits per heavy atom. The van der Waals surface area contributed by atoms with Crippen LogP contribution in [-0.4, -0.2) is 72.9 Å². The van der Waals surface area contributed by atoms with Crippen LogP contribution in [-0.2, 0) is 39.1 Å². The summed E-state index contributed by atoms with van der Waals surface area (Å²) in [6.07, 6.45) is 1.54. The molecule has 3 aromatic carbocycles. The third-order valence-electron chi connectivity index (χ3n) is 8.81. The van der Waals surface area contributed by atoms with Gasteiger partial charge in [0.15, 0.2) is 0 Å². The number of aromatic nitrogens is 2. The molecule has 0 radical (unpaired) electrons. The van der Waals surface area contributed by atoms with Crippen molar-refractivity contribution < 1.29 is 36.2 Å². The fourth-order valence-electron chi connectivity index (χ4n) is 6.11. The molecular weight excluding hydrogens is 666 g/mol. The van der Waals surface area contributed by atoms with E-state index in [1.54, 1.807) is 70.1 Å². The minimum Gasteiger partial charge on any atom is -0.497 e. The van der Waals surface area contributed by atoms with E-state index >= 15 is 8.78 Å². The van der Waals surface area contributed by atoms with Gasteiger partial charge in [0.05, 0.1) is 48.8 Å². The Hall–Kier alpha value is -4.85. The van der Waals surface area contributed by atoms with Gasteiger partial charge in [0, 0.05) is 45.7 Å². The molecule has 0 aliphatic carbocycles. The van der Waals surface area contributed by atoms with Gasteiger partial charge in [-0.1, -0.05) is 24.3 Å². The minimum atomic E-state index is -4.44. The summed E-state index contributed by atoms with van der Waals surface area (Å²) in [5.74, 6) is -1.03. The van der Waals surface area contributed by atoms with Gasteiger partial charge in [-0.05, 0) is 72.1 Å². The van der Waals surface area contributed by atoms with Crippen LogP contribution in [0, 0.1) is 18.6 Å². The van der Waals surface area contributed by atoms with Crippen molar-refractivity contribution in [1.29, 1.82) is 0 Å². The van der Waals surface area contributed by atoms with E-state index in [4.69, 9.17) is 14.2 Å². The third kappa shape index (κ3) is 7.35. The van der Waals surface area contributed by atoms with Crippen LogP contribution in [0.2, 0.25) is 0 Å². The maximum atomic E-state index is 16.3. The molecular formula is C37H38F2N4O6S. The summed E-state index contributed by atoms with van der Waals surface area (Å²) in [7, 11) is -1.38. The Labute approximate surface area is 289 Å². The molecule has 1 aliphatic rings. The van der Waals surface area contributed by atoms with E-state index < -0.39 is 38.2 Å². The van der Waals surface area contributed by atoms with E-state index in [-0.39, 0.29) is 31.1 Å². The normalized spacial score (nSPS) is 15.1. The molecule has 1 fully saturated rings. The fraction of sp³-hybridized carbons (Fsp3) is 0.297. The van der Waals surface area contributed by atoms with Crippen LogP contribution in [0.25, 0.3) is 16.9 Å². The minimum absolute atomic E-state index is 0.0337. The van der Waals surface area contributed by atoms with Crippen molar-refractivity contribution in [2.75, 3.05) is 33.9 Å². The van der Waals surface area contributed by atoms with Crippen LogP contribution in [0.1, 0.15) is 29.3 Å². The fourth-order valence-corrected chi connectivity index (χ4v) is 7.55. The summed E-state index contributed by atoms with van der Waals surface area (Å²) in [5, 5.41) is 0. The van der Waals surface area contributed by atoms with Gasteiger partial charge in [-0.2, -0.15) is 4.31 Å². The highest BCUT2D eigenvalue weighted by Crippen LogP contribution is 2.34. The number of sulfonamides is 1. The number of carbonyl (C=O) groups is 1. The maximum absolute atomic E-state index is 16.3. The summed E-state index contributed by atoms with van der Waals surface area (Å²) in [6.45, 7) is 4.32. The highest BCUT2D eigenvalue weighted by atomic mass is 32.2. The van der Waals surface area contributed by atoms with Gasteiger partial charge in [-0.15, -0.1) is 0 Å². The second-order valence-corrected chi connectivity index (χ2v) is 14.2. The predicted octanol–water partition coefficient (Wildman–Crippen LogP) is 5.79. The Morgan fingerprint density at radius 2 is 1.52 bits per heavy atom. The standard InChI is InChI=1S/C37H38F2N4O6S/c1-24-13-14-43-34(18-30-23-41(25(2)44)15-16-49-30)37(40-35(43)17-24)36-32(38)19-31(20-33(36)39)50(45,46)42(21-26-5-9-28(47-3)10-6-26)22-27-7-11-29(48-4)12-8-27/h5-14,17,19-20,30H,15-16,18,21-23H2,1-4H3. The number of carbonyl (C=O) groups excluding carboxylic acids is 1. The SMILES string of the molecule is COc1ccc(CN(Cc2ccc(OC)cc2)S(=O)(=O)c2cc(F)c(-c3nc4cc(C)ccn4c3CC3CN(C(C)=O)CCO3)c(F)c2)cc1. The van der Waals surface area contributed by atoms with E-state index in [2.05, 4.69) is 4.98 Å². The summed E-state index contributed by atoms with van der Waals surface area (Å²) >= 11 is 0. The van der Waals surface area contributed by atoms with Crippen LogP contribution >= 0.6 is 0 Å². The van der Waals surface area contributed by atoms with Gasteiger partial charge < -0.3 is 23.5 Å². The number of fused-ring (bicyclic) bond motifs is 1. The van der Waals surface area contributed by atoms with Crippen LogP contribution < -0.4 is 9.47 Å². The monoisotopic (exact) mass is 704 g/mol. The zero-order valence-corrected chi connectivity index (χ0v) is 29.0. The predicted molar refractivity (Wildman–Crippen MR) is 183 cm³/mol. The van der Waals surface area contributed by atoms with Gasteiger partial charge >= 0.3 is 0 Å². The smallest absolute Gasteiger partial charge is 0.243 e. The number of rotatable bonds is 11. The number of imidazole rings is 1. The lowest BCUT2D eigenvalue weighted by atomic mass is 10.0. The first-order valence-corrected chi connectivity index (χ1v) is 17.5. The van der Waals surface area contributed by atoms with E-state index in [0.29, 0.717) is 53.7 Å². The van der Waals surface area contributed by atoms with Crippen molar-refractivity contribution in [3.63, 3.8) is 0 Å². The number of amides is 1. The van der Waals surface area contributed by atoms with Gasteiger partial charge in [0.1, 0.15) is 28.8 Å². The molecule has 1 amide bonds. The Bertz CT molecular complexity index is 2050. The van der Waals surface area contributed by atoms with E-state index in [9.17, 15) is 13.2 Å². The number of ether oxygens (including phenoxy) is 3. The van der Waals surface area contributed by atoms with Crippen LogP contribution in [0.4, 0.5) is 8.78 Å². The van der Waals surface area contributed by atoms with Crippen LogP contribution in [0.15, 0.2) is 83.9 Å². The molecule has 262 valence electrons. The molecule has 1 saturated heterocycles. The number of halogens is 2. The lowest BCUT2D eigenvalue weighted by Gasteiger charge is -2.32. The molecule has 1 unspecified atom stereocenters. The summed E-state index contributed by atoms with van der Waals surface area (Å²) in [6, 6.07) is 19.1. The van der Waals surface area contributed by atoms with Crippen molar-refractivity contribution in [3.05, 3.63) is 113 Å². The van der Waals surface area contributed by atoms with E-state index in [1.165, 1.54) is 25.4 Å². The Kier molecular flexibility index (Phi) is 10.2. The molecule has 6 rings (SSSR count). The molecule has 0 spiro atoms. The average molecular weight is 705 g/mol. The number of pyridine rings is 1. The number of nitrogens with zero attached hydrogens (tertiary/aromatic N) is 4. The first-order valence-electron chi connectivity index (χ1n) is 16.1. The maximum Gasteiger partial charge on any atom is 0.243 e. The number of hydrogen-bond acceptors (Lipinski definition) is 7. The summed E-state index contributed by atoms with van der Waals surface area (Å²) < 4.78 is 80.3. The number of methoxy groups -OCH3 is 2. The number of morpholine rings is 1. The molecule has 13 heteroatoms. The molecule has 0 saturated carbocycles. The van der Waals surface area contributed by atoms with Gasteiger partial charge in [-0.3, -0.25) is 4.79 Å². The lowest BCUT2D eigenvalue weighted by Crippen LogP contribution is -2.45. The summed E-state index contributed by atoms with van der Waals surface area (Å²) in [4.78, 5) is 17.8. The van der Waals surface area contributed by atoms with Gasteiger partial charge in [0.25, 0.3) is 0 Å². The molecule has 1 atom stereocenters. The van der Waals surface area contributed by atoms with Gasteiger partial charge in [-0.25, -0.2) is 22.2 Å². The molecule has 1 aliphatic heterocycles. The number of aryl methyl sites for hydroxylation is 1. The van der Waals surface area contributed by atoms with Crippen molar-refractivity contribution in [2.24, 2.45) is 0 Å².